The largest absolute Gasteiger partial charge is 0.624 e. The first-order valence-electron chi connectivity index (χ1n) is 6.71. The van der Waals surface area contributed by atoms with Crippen LogP contribution in [0, 0.1) is 5.21 Å². The summed E-state index contributed by atoms with van der Waals surface area (Å²) in [4.78, 5) is 0. The summed E-state index contributed by atoms with van der Waals surface area (Å²) in [6, 6.07) is 0. The van der Waals surface area contributed by atoms with E-state index in [2.05, 4.69) is 0 Å². The SMILES string of the molecule is C/[N+]([O-])=C1\[C@H]2OC(C(Cl)(Cl)Cl)O[C@H]2O[C@@H]1[C@H]1COC(C)(C)O1. The van der Waals surface area contributed by atoms with Crippen LogP contribution < -0.4 is 0 Å². The molecule has 0 aromatic rings. The summed E-state index contributed by atoms with van der Waals surface area (Å²) in [6.45, 7) is 3.87. The molecule has 3 saturated heterocycles. The van der Waals surface area contributed by atoms with Crippen molar-refractivity contribution in [1.29, 1.82) is 0 Å². The molecule has 10 heteroatoms. The molecule has 0 bridgehead atoms. The second kappa shape index (κ2) is 5.60. The van der Waals surface area contributed by atoms with Gasteiger partial charge in [0.05, 0.1) is 6.61 Å². The van der Waals surface area contributed by atoms with Gasteiger partial charge >= 0.3 is 0 Å². The molecule has 5 atom stereocenters. The Hall–Kier alpha value is 0.140. The molecule has 126 valence electrons. The molecule has 0 spiro atoms. The Kier molecular flexibility index (Phi) is 4.32. The van der Waals surface area contributed by atoms with Crippen LogP contribution in [-0.2, 0) is 23.7 Å². The quantitative estimate of drug-likeness (QED) is 0.299. The predicted octanol–water partition coefficient (Wildman–Crippen LogP) is 1.56. The van der Waals surface area contributed by atoms with Gasteiger partial charge in [-0.05, 0) is 13.8 Å². The Bertz CT molecular complexity index is 490. The Labute approximate surface area is 142 Å². The predicted molar refractivity (Wildman–Crippen MR) is 78.2 cm³/mol. The molecule has 7 nitrogen and oxygen atoms in total. The molecule has 0 saturated carbocycles. The zero-order valence-electron chi connectivity index (χ0n) is 12.1. The van der Waals surface area contributed by atoms with Gasteiger partial charge in [-0.25, -0.2) is 4.74 Å². The fraction of sp³-hybridized carbons (Fsp3) is 0.917. The van der Waals surface area contributed by atoms with Gasteiger partial charge in [0, 0.05) is 0 Å². The van der Waals surface area contributed by atoms with E-state index < -0.39 is 40.5 Å². The van der Waals surface area contributed by atoms with Crippen molar-refractivity contribution in [2.24, 2.45) is 0 Å². The first kappa shape index (κ1) is 17.0. The monoisotopic (exact) mass is 375 g/mol. The molecule has 3 rings (SSSR count). The van der Waals surface area contributed by atoms with Gasteiger partial charge in [0.15, 0.2) is 24.3 Å². The minimum Gasteiger partial charge on any atom is -0.624 e. The van der Waals surface area contributed by atoms with Gasteiger partial charge in [-0.2, -0.15) is 0 Å². The number of fused-ring (bicyclic) bond motifs is 1. The molecule has 3 heterocycles. The number of ether oxygens (including phenoxy) is 5. The van der Waals surface area contributed by atoms with E-state index in [0.29, 0.717) is 17.1 Å². The number of hydrogen-bond donors (Lipinski definition) is 0. The fourth-order valence-electron chi connectivity index (χ4n) is 2.77. The summed E-state index contributed by atoms with van der Waals surface area (Å²) < 4.78 is 26.9. The maximum absolute atomic E-state index is 11.9. The molecule has 0 aromatic heterocycles. The van der Waals surface area contributed by atoms with E-state index in [1.54, 1.807) is 13.8 Å². The van der Waals surface area contributed by atoms with Crippen molar-refractivity contribution < 1.29 is 28.4 Å². The van der Waals surface area contributed by atoms with E-state index in [1.807, 2.05) is 0 Å². The Morgan fingerprint density at radius 1 is 1.18 bits per heavy atom. The van der Waals surface area contributed by atoms with Crippen LogP contribution in [0.25, 0.3) is 0 Å². The highest BCUT2D eigenvalue weighted by atomic mass is 35.6. The number of halogens is 3. The molecule has 3 fully saturated rings. The van der Waals surface area contributed by atoms with E-state index in [9.17, 15) is 5.21 Å². The third-order valence-electron chi connectivity index (χ3n) is 3.64. The third-order valence-corrected chi connectivity index (χ3v) is 4.17. The van der Waals surface area contributed by atoms with Crippen molar-refractivity contribution >= 4 is 40.5 Å². The molecular formula is C12H16Cl3NO6. The number of hydrogen-bond acceptors (Lipinski definition) is 6. The van der Waals surface area contributed by atoms with E-state index in [0.717, 1.165) is 0 Å². The Balaban J connectivity index is 1.79. The molecule has 0 aliphatic carbocycles. The van der Waals surface area contributed by atoms with Crippen LogP contribution in [0.4, 0.5) is 0 Å². The summed E-state index contributed by atoms with van der Waals surface area (Å²) in [5.74, 6) is -0.736. The summed E-state index contributed by atoms with van der Waals surface area (Å²) >= 11 is 17.3. The van der Waals surface area contributed by atoms with Gasteiger partial charge in [0.1, 0.15) is 13.2 Å². The molecule has 3 aliphatic rings. The van der Waals surface area contributed by atoms with Crippen molar-refractivity contribution in [3.63, 3.8) is 0 Å². The highest BCUT2D eigenvalue weighted by molar-refractivity contribution is 6.67. The van der Waals surface area contributed by atoms with Crippen molar-refractivity contribution in [2.45, 2.75) is 54.3 Å². The van der Waals surface area contributed by atoms with Crippen LogP contribution >= 0.6 is 34.8 Å². The standard InChI is InChI=1S/C12H16Cl3NO6/c1-11(2)18-4-5(22-11)7-6(16(3)17)8-9(19-7)21-10(20-8)12(13,14)15/h5,7-10H,4H2,1-3H3/b16-6+/t5-,7-,8-,9-,10?/m1/s1. The topological polar surface area (TPSA) is 72.2 Å². The average Bonchev–Trinajstić information content (AvgIpc) is 2.97. The second-order valence-corrected chi connectivity index (χ2v) is 8.15. The van der Waals surface area contributed by atoms with Gasteiger partial charge in [0.2, 0.25) is 15.8 Å². The maximum Gasteiger partial charge on any atom is 0.241 e. The lowest BCUT2D eigenvalue weighted by molar-refractivity contribution is -0.429. The van der Waals surface area contributed by atoms with Crippen molar-refractivity contribution in [3.8, 4) is 0 Å². The number of nitrogens with zero attached hydrogens (tertiary/aromatic N) is 1. The number of rotatable bonds is 1. The molecule has 0 radical (unpaired) electrons. The third kappa shape index (κ3) is 3.06. The number of alkyl halides is 3. The van der Waals surface area contributed by atoms with Crippen molar-refractivity contribution in [1.82, 2.24) is 0 Å². The first-order chi connectivity index (χ1) is 10.1. The first-order valence-corrected chi connectivity index (χ1v) is 7.84. The van der Waals surface area contributed by atoms with Crippen LogP contribution in [0.5, 0.6) is 0 Å². The van der Waals surface area contributed by atoms with Crippen LogP contribution in [0.15, 0.2) is 0 Å². The van der Waals surface area contributed by atoms with Gasteiger partial charge in [-0.1, -0.05) is 34.8 Å². The normalized spacial score (nSPS) is 43.5. The zero-order chi connectivity index (χ0) is 16.3. The van der Waals surface area contributed by atoms with Crippen LogP contribution in [0.3, 0.4) is 0 Å². The fourth-order valence-corrected chi connectivity index (χ4v) is 3.08. The Morgan fingerprint density at radius 2 is 1.86 bits per heavy atom. The smallest absolute Gasteiger partial charge is 0.241 e. The lowest BCUT2D eigenvalue weighted by atomic mass is 10.1. The molecule has 3 aliphatic heterocycles. The summed E-state index contributed by atoms with van der Waals surface area (Å²) in [5, 5.41) is 11.9. The van der Waals surface area contributed by atoms with Gasteiger partial charge in [-0.3, -0.25) is 0 Å². The Morgan fingerprint density at radius 3 is 2.36 bits per heavy atom. The van der Waals surface area contributed by atoms with Gasteiger partial charge in [0.25, 0.3) is 0 Å². The lowest BCUT2D eigenvalue weighted by Crippen LogP contribution is -2.42. The van der Waals surface area contributed by atoms with Crippen molar-refractivity contribution in [3.05, 3.63) is 5.21 Å². The maximum atomic E-state index is 11.9. The molecule has 22 heavy (non-hydrogen) atoms. The highest BCUT2D eigenvalue weighted by Gasteiger charge is 2.60. The molecule has 0 N–H and O–H groups in total. The average molecular weight is 377 g/mol. The van der Waals surface area contributed by atoms with Gasteiger partial charge < -0.3 is 28.9 Å². The zero-order valence-corrected chi connectivity index (χ0v) is 14.4. The highest BCUT2D eigenvalue weighted by Crippen LogP contribution is 2.42. The van der Waals surface area contributed by atoms with Crippen molar-refractivity contribution in [2.75, 3.05) is 13.7 Å². The summed E-state index contributed by atoms with van der Waals surface area (Å²) in [5.41, 5.74) is 0.327. The van der Waals surface area contributed by atoms with E-state index in [-0.39, 0.29) is 0 Å². The molecule has 0 aromatic carbocycles. The molecule has 1 unspecified atom stereocenters. The van der Waals surface area contributed by atoms with Crippen LogP contribution in [0.2, 0.25) is 0 Å². The second-order valence-electron chi connectivity index (χ2n) is 5.78. The van der Waals surface area contributed by atoms with E-state index >= 15 is 0 Å². The van der Waals surface area contributed by atoms with Crippen LogP contribution in [0.1, 0.15) is 13.8 Å². The molecular weight excluding hydrogens is 360 g/mol. The number of hydroxylamine groups is 1. The lowest BCUT2D eigenvalue weighted by Gasteiger charge is -2.23. The summed E-state index contributed by atoms with van der Waals surface area (Å²) in [7, 11) is 1.35. The molecule has 0 amide bonds. The van der Waals surface area contributed by atoms with E-state index in [4.69, 9.17) is 58.5 Å². The van der Waals surface area contributed by atoms with Gasteiger partial charge in [-0.15, -0.1) is 0 Å². The van der Waals surface area contributed by atoms with Crippen LogP contribution in [-0.4, -0.2) is 64.6 Å². The summed E-state index contributed by atoms with van der Waals surface area (Å²) in [6.07, 6.45) is -3.77. The minimum atomic E-state index is -1.77. The van der Waals surface area contributed by atoms with E-state index in [1.165, 1.54) is 7.05 Å². The minimum absolute atomic E-state index is 0.294.